The second kappa shape index (κ2) is 5.02. The molecule has 0 aromatic heterocycles. The Morgan fingerprint density at radius 3 is 2.89 bits per heavy atom. The lowest BCUT2D eigenvalue weighted by atomic mass is 10.0. The van der Waals surface area contributed by atoms with Gasteiger partial charge in [0.15, 0.2) is 0 Å². The highest BCUT2D eigenvalue weighted by Crippen LogP contribution is 2.17. The molecule has 18 heavy (non-hydrogen) atoms. The number of carbonyl (C=O) groups is 1. The van der Waals surface area contributed by atoms with Crippen molar-refractivity contribution in [1.82, 2.24) is 10.6 Å². The molecule has 5 heteroatoms. The molecule has 0 bridgehead atoms. The van der Waals surface area contributed by atoms with E-state index in [0.717, 1.165) is 31.5 Å². The molecule has 0 aliphatic carbocycles. The molecule has 2 rings (SSSR count). The van der Waals surface area contributed by atoms with Gasteiger partial charge in [0.05, 0.1) is 5.56 Å². The van der Waals surface area contributed by atoms with E-state index in [-0.39, 0.29) is 11.1 Å². The van der Waals surface area contributed by atoms with E-state index in [1.54, 1.807) is 0 Å². The van der Waals surface area contributed by atoms with Crippen LogP contribution in [0.4, 0.5) is 8.78 Å². The zero-order valence-corrected chi connectivity index (χ0v) is 10.2. The molecule has 2 N–H and O–H groups in total. The number of halogens is 2. The zero-order chi connectivity index (χ0) is 13.2. The number of nitrogens with one attached hydrogen (secondary N) is 2. The van der Waals surface area contributed by atoms with Gasteiger partial charge < -0.3 is 10.6 Å². The Labute approximate surface area is 105 Å². The van der Waals surface area contributed by atoms with Gasteiger partial charge in [0, 0.05) is 18.2 Å². The van der Waals surface area contributed by atoms with E-state index in [2.05, 4.69) is 10.6 Å². The molecule has 0 radical (unpaired) electrons. The molecule has 0 spiro atoms. The van der Waals surface area contributed by atoms with E-state index < -0.39 is 17.5 Å². The third-order valence-electron chi connectivity index (χ3n) is 3.27. The van der Waals surface area contributed by atoms with Crippen molar-refractivity contribution in [3.05, 3.63) is 35.4 Å². The minimum absolute atomic E-state index is 0.127. The maximum Gasteiger partial charge on any atom is 0.254 e. The second-order valence-corrected chi connectivity index (χ2v) is 4.90. The Balaban J connectivity index is 1.99. The summed E-state index contributed by atoms with van der Waals surface area (Å²) in [7, 11) is 0. The van der Waals surface area contributed by atoms with Crippen LogP contribution in [0.5, 0.6) is 0 Å². The first-order chi connectivity index (χ1) is 8.50. The lowest BCUT2D eigenvalue weighted by molar-refractivity contribution is 0.0938. The first-order valence-electron chi connectivity index (χ1n) is 5.98. The van der Waals surface area contributed by atoms with Gasteiger partial charge in [-0.2, -0.15) is 0 Å². The van der Waals surface area contributed by atoms with Crippen LogP contribution in [0.3, 0.4) is 0 Å². The van der Waals surface area contributed by atoms with E-state index in [0.29, 0.717) is 12.6 Å². The molecule has 1 atom stereocenters. The maximum absolute atomic E-state index is 13.4. The van der Waals surface area contributed by atoms with Crippen molar-refractivity contribution in [2.75, 3.05) is 13.1 Å². The van der Waals surface area contributed by atoms with E-state index in [9.17, 15) is 13.6 Å². The van der Waals surface area contributed by atoms with Crippen LogP contribution < -0.4 is 10.6 Å². The molecular weight excluding hydrogens is 238 g/mol. The summed E-state index contributed by atoms with van der Waals surface area (Å²) in [6.45, 7) is 3.38. The standard InChI is InChI=1S/C13H16F2N2O/c1-13(5-2-6-17-13)8-16-12(18)10-4-3-9(14)7-11(10)15/h3-4,7,17H,2,5-6,8H2,1H3,(H,16,18). The number of hydrogen-bond acceptors (Lipinski definition) is 2. The van der Waals surface area contributed by atoms with Crippen LogP contribution in [-0.4, -0.2) is 24.5 Å². The highest BCUT2D eigenvalue weighted by Gasteiger charge is 2.28. The van der Waals surface area contributed by atoms with Gasteiger partial charge in [-0.25, -0.2) is 8.78 Å². The quantitative estimate of drug-likeness (QED) is 0.864. The molecule has 1 fully saturated rings. The van der Waals surface area contributed by atoms with E-state index in [4.69, 9.17) is 0 Å². The summed E-state index contributed by atoms with van der Waals surface area (Å²) in [6.07, 6.45) is 2.04. The highest BCUT2D eigenvalue weighted by molar-refractivity contribution is 5.94. The van der Waals surface area contributed by atoms with Crippen LogP contribution in [0.15, 0.2) is 18.2 Å². The van der Waals surface area contributed by atoms with Crippen LogP contribution in [0.25, 0.3) is 0 Å². The summed E-state index contributed by atoms with van der Waals surface area (Å²) >= 11 is 0. The predicted molar refractivity (Wildman–Crippen MR) is 64.3 cm³/mol. The third kappa shape index (κ3) is 2.85. The predicted octanol–water partition coefficient (Wildman–Crippen LogP) is 1.84. The van der Waals surface area contributed by atoms with Crippen molar-refractivity contribution in [3.8, 4) is 0 Å². The molecule has 1 aliphatic heterocycles. The van der Waals surface area contributed by atoms with Gasteiger partial charge in [-0.1, -0.05) is 0 Å². The summed E-state index contributed by atoms with van der Waals surface area (Å²) in [5.74, 6) is -2.03. The maximum atomic E-state index is 13.4. The lowest BCUT2D eigenvalue weighted by Gasteiger charge is -2.24. The average Bonchev–Trinajstić information content (AvgIpc) is 2.74. The molecule has 1 heterocycles. The molecule has 1 aliphatic rings. The number of amides is 1. The summed E-state index contributed by atoms with van der Waals surface area (Å²) in [5.41, 5.74) is -0.260. The molecule has 1 unspecified atom stereocenters. The molecule has 1 aromatic carbocycles. The first kappa shape index (κ1) is 13.0. The normalized spacial score (nSPS) is 23.1. The minimum atomic E-state index is -0.836. The fourth-order valence-electron chi connectivity index (χ4n) is 2.15. The third-order valence-corrected chi connectivity index (χ3v) is 3.27. The van der Waals surface area contributed by atoms with Gasteiger partial charge in [0.25, 0.3) is 5.91 Å². The molecule has 3 nitrogen and oxygen atoms in total. The van der Waals surface area contributed by atoms with Crippen molar-refractivity contribution < 1.29 is 13.6 Å². The zero-order valence-electron chi connectivity index (χ0n) is 10.2. The topological polar surface area (TPSA) is 41.1 Å². The Hall–Kier alpha value is -1.49. The minimum Gasteiger partial charge on any atom is -0.350 e. The Bertz CT molecular complexity index is 456. The SMILES string of the molecule is CC1(CNC(=O)c2ccc(F)cc2F)CCCN1. The molecular formula is C13H16F2N2O. The number of rotatable bonds is 3. The van der Waals surface area contributed by atoms with Crippen molar-refractivity contribution >= 4 is 5.91 Å². The fourth-order valence-corrected chi connectivity index (χ4v) is 2.15. The molecule has 1 amide bonds. The van der Waals surface area contributed by atoms with Gasteiger partial charge in [0.1, 0.15) is 11.6 Å². The van der Waals surface area contributed by atoms with Crippen molar-refractivity contribution in [2.24, 2.45) is 0 Å². The second-order valence-electron chi connectivity index (χ2n) is 4.90. The van der Waals surface area contributed by atoms with Gasteiger partial charge in [-0.05, 0) is 38.4 Å². The number of carbonyl (C=O) groups excluding carboxylic acids is 1. The molecule has 1 aromatic rings. The monoisotopic (exact) mass is 254 g/mol. The van der Waals surface area contributed by atoms with Gasteiger partial charge >= 0.3 is 0 Å². The van der Waals surface area contributed by atoms with E-state index in [1.807, 2.05) is 6.92 Å². The smallest absolute Gasteiger partial charge is 0.254 e. The van der Waals surface area contributed by atoms with Crippen molar-refractivity contribution in [1.29, 1.82) is 0 Å². The fraction of sp³-hybridized carbons (Fsp3) is 0.462. The molecule has 1 saturated heterocycles. The molecule has 0 saturated carbocycles. The van der Waals surface area contributed by atoms with Crippen LogP contribution in [-0.2, 0) is 0 Å². The molecule has 98 valence electrons. The first-order valence-corrected chi connectivity index (χ1v) is 5.98. The van der Waals surface area contributed by atoms with E-state index in [1.165, 1.54) is 0 Å². The summed E-state index contributed by atoms with van der Waals surface area (Å²) in [5, 5.41) is 5.97. The van der Waals surface area contributed by atoms with Crippen LogP contribution >= 0.6 is 0 Å². The van der Waals surface area contributed by atoms with Crippen molar-refractivity contribution in [2.45, 2.75) is 25.3 Å². The summed E-state index contributed by atoms with van der Waals surface area (Å²) < 4.78 is 26.1. The highest BCUT2D eigenvalue weighted by atomic mass is 19.1. The average molecular weight is 254 g/mol. The lowest BCUT2D eigenvalue weighted by Crippen LogP contribution is -2.47. The Morgan fingerprint density at radius 2 is 2.28 bits per heavy atom. The van der Waals surface area contributed by atoms with E-state index >= 15 is 0 Å². The van der Waals surface area contributed by atoms with Crippen LogP contribution in [0, 0.1) is 11.6 Å². The Kier molecular flexibility index (Phi) is 3.61. The number of hydrogen-bond donors (Lipinski definition) is 2. The van der Waals surface area contributed by atoms with Gasteiger partial charge in [-0.15, -0.1) is 0 Å². The Morgan fingerprint density at radius 1 is 1.50 bits per heavy atom. The van der Waals surface area contributed by atoms with Gasteiger partial charge in [-0.3, -0.25) is 4.79 Å². The largest absolute Gasteiger partial charge is 0.350 e. The van der Waals surface area contributed by atoms with Crippen LogP contribution in [0.1, 0.15) is 30.1 Å². The number of benzene rings is 1. The van der Waals surface area contributed by atoms with Crippen molar-refractivity contribution in [3.63, 3.8) is 0 Å². The van der Waals surface area contributed by atoms with Crippen LogP contribution in [0.2, 0.25) is 0 Å². The summed E-state index contributed by atoms with van der Waals surface area (Å²) in [4.78, 5) is 11.8. The summed E-state index contributed by atoms with van der Waals surface area (Å²) in [6, 6.07) is 2.95. The van der Waals surface area contributed by atoms with Gasteiger partial charge in [0.2, 0.25) is 0 Å².